The SMILES string of the molecule is CC(NC(=O)NC1CCN(C)CC1)c1ccc(S(C)(=O)=O)cc1. The number of sulfone groups is 1. The molecule has 0 radical (unpaired) electrons. The maximum Gasteiger partial charge on any atom is 0.315 e. The summed E-state index contributed by atoms with van der Waals surface area (Å²) < 4.78 is 22.9. The van der Waals surface area contributed by atoms with Crippen molar-refractivity contribution >= 4 is 15.9 Å². The number of nitrogens with one attached hydrogen (secondary N) is 2. The number of rotatable bonds is 4. The first kappa shape index (κ1) is 17.7. The Bertz CT molecular complexity index is 635. The van der Waals surface area contributed by atoms with E-state index in [0.717, 1.165) is 31.5 Å². The lowest BCUT2D eigenvalue weighted by molar-refractivity contribution is 0.212. The van der Waals surface area contributed by atoms with Crippen LogP contribution in [0.25, 0.3) is 0 Å². The Morgan fingerprint density at radius 3 is 2.30 bits per heavy atom. The van der Waals surface area contributed by atoms with Gasteiger partial charge in [0, 0.05) is 12.3 Å². The fraction of sp³-hybridized carbons (Fsp3) is 0.562. The predicted molar refractivity (Wildman–Crippen MR) is 90.2 cm³/mol. The first-order valence-electron chi connectivity index (χ1n) is 7.81. The normalized spacial score (nSPS) is 18.4. The molecule has 1 atom stereocenters. The molecule has 1 aliphatic heterocycles. The van der Waals surface area contributed by atoms with Crippen LogP contribution in [-0.4, -0.2) is 51.8 Å². The van der Waals surface area contributed by atoms with Crippen LogP contribution in [0, 0.1) is 0 Å². The lowest BCUT2D eigenvalue weighted by Crippen LogP contribution is -2.47. The molecule has 2 amide bonds. The fourth-order valence-corrected chi connectivity index (χ4v) is 3.29. The number of amides is 2. The van der Waals surface area contributed by atoms with Crippen molar-refractivity contribution < 1.29 is 13.2 Å². The number of hydrogen-bond acceptors (Lipinski definition) is 4. The van der Waals surface area contributed by atoms with E-state index in [0.29, 0.717) is 0 Å². The molecular formula is C16H25N3O3S. The van der Waals surface area contributed by atoms with Crippen molar-refractivity contribution in [3.63, 3.8) is 0 Å². The van der Waals surface area contributed by atoms with Crippen LogP contribution in [0.1, 0.15) is 31.4 Å². The van der Waals surface area contributed by atoms with Crippen LogP contribution >= 0.6 is 0 Å². The molecule has 1 fully saturated rings. The van der Waals surface area contributed by atoms with E-state index in [-0.39, 0.29) is 23.0 Å². The Hall–Kier alpha value is -1.60. The molecule has 128 valence electrons. The highest BCUT2D eigenvalue weighted by Gasteiger charge is 2.19. The highest BCUT2D eigenvalue weighted by Crippen LogP contribution is 2.16. The summed E-state index contributed by atoms with van der Waals surface area (Å²) in [6, 6.07) is 6.45. The van der Waals surface area contributed by atoms with Crippen LogP contribution < -0.4 is 10.6 Å². The van der Waals surface area contributed by atoms with E-state index < -0.39 is 9.84 Å². The largest absolute Gasteiger partial charge is 0.335 e. The summed E-state index contributed by atoms with van der Waals surface area (Å²) >= 11 is 0. The molecule has 1 aromatic carbocycles. The van der Waals surface area contributed by atoms with Gasteiger partial charge < -0.3 is 15.5 Å². The molecule has 7 heteroatoms. The molecule has 0 bridgehead atoms. The summed E-state index contributed by atoms with van der Waals surface area (Å²) in [6.45, 7) is 3.87. The second kappa shape index (κ2) is 7.31. The van der Waals surface area contributed by atoms with Crippen molar-refractivity contribution in [2.75, 3.05) is 26.4 Å². The zero-order valence-corrected chi connectivity index (χ0v) is 14.7. The number of carbonyl (C=O) groups is 1. The van der Waals surface area contributed by atoms with Gasteiger partial charge in [0.15, 0.2) is 9.84 Å². The molecule has 1 heterocycles. The van der Waals surface area contributed by atoms with E-state index in [1.54, 1.807) is 24.3 Å². The Morgan fingerprint density at radius 1 is 1.22 bits per heavy atom. The number of likely N-dealkylation sites (tertiary alicyclic amines) is 1. The summed E-state index contributed by atoms with van der Waals surface area (Å²) in [4.78, 5) is 14.6. The monoisotopic (exact) mass is 339 g/mol. The zero-order valence-electron chi connectivity index (χ0n) is 13.9. The predicted octanol–water partition coefficient (Wildman–Crippen LogP) is 1.54. The van der Waals surface area contributed by atoms with Crippen LogP contribution in [0.2, 0.25) is 0 Å². The molecule has 23 heavy (non-hydrogen) atoms. The number of hydrogen-bond donors (Lipinski definition) is 2. The van der Waals surface area contributed by atoms with Crippen molar-refractivity contribution in [3.05, 3.63) is 29.8 Å². The highest BCUT2D eigenvalue weighted by atomic mass is 32.2. The molecule has 0 aromatic heterocycles. The van der Waals surface area contributed by atoms with Gasteiger partial charge in [0.05, 0.1) is 10.9 Å². The van der Waals surface area contributed by atoms with Crippen LogP contribution in [0.15, 0.2) is 29.2 Å². The topological polar surface area (TPSA) is 78.5 Å². The standard InChI is InChI=1S/C16H25N3O3S/c1-12(13-4-6-15(7-5-13)23(3,21)22)17-16(20)18-14-8-10-19(2)11-9-14/h4-7,12,14H,8-11H2,1-3H3,(H2,17,18,20). The average molecular weight is 339 g/mol. The average Bonchev–Trinajstić information content (AvgIpc) is 2.49. The van der Waals surface area contributed by atoms with Crippen molar-refractivity contribution in [2.45, 2.75) is 36.7 Å². The minimum Gasteiger partial charge on any atom is -0.335 e. The molecule has 2 rings (SSSR count). The van der Waals surface area contributed by atoms with Crippen molar-refractivity contribution in [1.82, 2.24) is 15.5 Å². The third-order valence-electron chi connectivity index (χ3n) is 4.21. The summed E-state index contributed by atoms with van der Waals surface area (Å²) in [5.41, 5.74) is 0.871. The first-order valence-corrected chi connectivity index (χ1v) is 9.70. The molecular weight excluding hydrogens is 314 g/mol. The molecule has 6 nitrogen and oxygen atoms in total. The van der Waals surface area contributed by atoms with Crippen LogP contribution in [0.3, 0.4) is 0 Å². The Kier molecular flexibility index (Phi) is 5.64. The van der Waals surface area contributed by atoms with Crippen LogP contribution in [0.4, 0.5) is 4.79 Å². The van der Waals surface area contributed by atoms with E-state index in [1.165, 1.54) is 6.26 Å². The van der Waals surface area contributed by atoms with E-state index >= 15 is 0 Å². The van der Waals surface area contributed by atoms with Crippen LogP contribution in [0.5, 0.6) is 0 Å². The second-order valence-corrected chi connectivity index (χ2v) is 8.27. The zero-order chi connectivity index (χ0) is 17.0. The number of carbonyl (C=O) groups excluding carboxylic acids is 1. The van der Waals surface area contributed by atoms with Crippen molar-refractivity contribution in [3.8, 4) is 0 Å². The second-order valence-electron chi connectivity index (χ2n) is 6.26. The fourth-order valence-electron chi connectivity index (χ4n) is 2.66. The van der Waals surface area contributed by atoms with E-state index in [9.17, 15) is 13.2 Å². The highest BCUT2D eigenvalue weighted by molar-refractivity contribution is 7.90. The first-order chi connectivity index (χ1) is 10.8. The van der Waals surface area contributed by atoms with Crippen molar-refractivity contribution in [2.24, 2.45) is 0 Å². The lowest BCUT2D eigenvalue weighted by Gasteiger charge is -2.29. The minimum atomic E-state index is -3.20. The van der Waals surface area contributed by atoms with Gasteiger partial charge in [0.25, 0.3) is 0 Å². The Labute approximate surface area is 138 Å². The molecule has 1 saturated heterocycles. The molecule has 0 spiro atoms. The van der Waals surface area contributed by atoms with Gasteiger partial charge in [-0.1, -0.05) is 12.1 Å². The van der Waals surface area contributed by atoms with Gasteiger partial charge in [-0.2, -0.15) is 0 Å². The van der Waals surface area contributed by atoms with Gasteiger partial charge in [-0.15, -0.1) is 0 Å². The maximum atomic E-state index is 12.1. The van der Waals surface area contributed by atoms with E-state index in [4.69, 9.17) is 0 Å². The smallest absolute Gasteiger partial charge is 0.315 e. The number of urea groups is 1. The quantitative estimate of drug-likeness (QED) is 0.872. The summed E-state index contributed by atoms with van der Waals surface area (Å²) in [5.74, 6) is 0. The molecule has 0 aliphatic carbocycles. The molecule has 0 saturated carbocycles. The molecule has 1 aliphatic rings. The third-order valence-corrected chi connectivity index (χ3v) is 5.34. The number of benzene rings is 1. The third kappa shape index (κ3) is 5.21. The summed E-state index contributed by atoms with van der Waals surface area (Å²) in [6.07, 6.45) is 3.10. The van der Waals surface area contributed by atoms with Gasteiger partial charge in [-0.3, -0.25) is 0 Å². The van der Waals surface area contributed by atoms with Gasteiger partial charge >= 0.3 is 6.03 Å². The number of nitrogens with zero attached hydrogens (tertiary/aromatic N) is 1. The Balaban J connectivity index is 1.88. The van der Waals surface area contributed by atoms with Gasteiger partial charge in [-0.05, 0) is 57.6 Å². The van der Waals surface area contributed by atoms with Crippen LogP contribution in [-0.2, 0) is 9.84 Å². The van der Waals surface area contributed by atoms with Gasteiger partial charge in [-0.25, -0.2) is 13.2 Å². The molecule has 1 aromatic rings. The van der Waals surface area contributed by atoms with Crippen molar-refractivity contribution in [1.29, 1.82) is 0 Å². The van der Waals surface area contributed by atoms with Gasteiger partial charge in [0.2, 0.25) is 0 Å². The van der Waals surface area contributed by atoms with Gasteiger partial charge in [0.1, 0.15) is 0 Å². The van der Waals surface area contributed by atoms with E-state index in [1.807, 2.05) is 6.92 Å². The molecule has 2 N–H and O–H groups in total. The summed E-state index contributed by atoms with van der Waals surface area (Å²) in [7, 11) is -1.11. The lowest BCUT2D eigenvalue weighted by atomic mass is 10.1. The van der Waals surface area contributed by atoms with E-state index in [2.05, 4.69) is 22.6 Å². The Morgan fingerprint density at radius 2 is 1.78 bits per heavy atom. The minimum absolute atomic E-state index is 0.181. The maximum absolute atomic E-state index is 12.1. The molecule has 1 unspecified atom stereocenters. The summed E-state index contributed by atoms with van der Waals surface area (Å²) in [5, 5.41) is 5.90. The number of piperidine rings is 1.